The van der Waals surface area contributed by atoms with Crippen LogP contribution in [0.5, 0.6) is 0 Å². The average molecular weight is 312 g/mol. The van der Waals surface area contributed by atoms with Crippen molar-refractivity contribution in [2.75, 3.05) is 6.54 Å². The zero-order valence-corrected chi connectivity index (χ0v) is 14.6. The van der Waals surface area contributed by atoms with E-state index in [2.05, 4.69) is 22.7 Å². The van der Waals surface area contributed by atoms with Crippen LogP contribution in [-0.2, 0) is 0 Å². The fourth-order valence-electron chi connectivity index (χ4n) is 3.54. The highest BCUT2D eigenvalue weighted by Crippen LogP contribution is 2.26. The molecule has 0 aromatic rings. The molecule has 1 aliphatic carbocycles. The molecule has 122 valence electrons. The lowest BCUT2D eigenvalue weighted by Crippen LogP contribution is -2.51. The number of nitrogens with one attached hydrogen (secondary N) is 2. The van der Waals surface area contributed by atoms with Gasteiger partial charge >= 0.3 is 0 Å². The number of hydrogen-bond acceptors (Lipinski definition) is 2. The molecule has 1 saturated carbocycles. The smallest absolute Gasteiger partial charge is 0.185 e. The zero-order chi connectivity index (χ0) is 15.0. The molecule has 2 rings (SSSR count). The van der Waals surface area contributed by atoms with Gasteiger partial charge in [0.15, 0.2) is 5.11 Å². The molecule has 2 aliphatic rings. The van der Waals surface area contributed by atoms with Crippen molar-refractivity contribution in [1.82, 2.24) is 15.8 Å². The molecule has 21 heavy (non-hydrogen) atoms. The van der Waals surface area contributed by atoms with Crippen LogP contribution >= 0.6 is 12.2 Å². The monoisotopic (exact) mass is 311 g/mol. The van der Waals surface area contributed by atoms with E-state index in [1.165, 1.54) is 83.5 Å². The van der Waals surface area contributed by atoms with Gasteiger partial charge in [-0.2, -0.15) is 0 Å². The van der Waals surface area contributed by atoms with E-state index in [0.29, 0.717) is 0 Å². The second-order valence-corrected chi connectivity index (χ2v) is 7.20. The molecule has 0 aromatic heterocycles. The van der Waals surface area contributed by atoms with Gasteiger partial charge in [0.25, 0.3) is 0 Å². The number of unbranched alkanes of at least 4 members (excludes halogenated alkanes) is 1. The van der Waals surface area contributed by atoms with Crippen molar-refractivity contribution in [1.29, 1.82) is 0 Å². The van der Waals surface area contributed by atoms with Gasteiger partial charge in [0.05, 0.1) is 0 Å². The van der Waals surface area contributed by atoms with Crippen molar-refractivity contribution >= 4 is 17.3 Å². The SMILES string of the molecule is CCCCN1NC2(CCCCCCCCCCC2)NC1=S. The predicted octanol–water partition coefficient (Wildman–Crippen LogP) is 4.48. The zero-order valence-electron chi connectivity index (χ0n) is 13.8. The summed E-state index contributed by atoms with van der Waals surface area (Å²) in [5, 5.41) is 6.72. The normalized spacial score (nSPS) is 24.4. The maximum absolute atomic E-state index is 5.55. The van der Waals surface area contributed by atoms with Crippen LogP contribution in [0.15, 0.2) is 0 Å². The summed E-state index contributed by atoms with van der Waals surface area (Å²) in [5.74, 6) is 0. The van der Waals surface area contributed by atoms with Crippen molar-refractivity contribution in [2.24, 2.45) is 0 Å². The van der Waals surface area contributed by atoms with Gasteiger partial charge in [-0.3, -0.25) is 5.01 Å². The molecule has 2 N–H and O–H groups in total. The van der Waals surface area contributed by atoms with Crippen LogP contribution in [0.25, 0.3) is 0 Å². The Kier molecular flexibility index (Phi) is 7.24. The van der Waals surface area contributed by atoms with Gasteiger partial charge in [0, 0.05) is 6.54 Å². The van der Waals surface area contributed by atoms with E-state index in [-0.39, 0.29) is 5.66 Å². The van der Waals surface area contributed by atoms with Gasteiger partial charge < -0.3 is 5.32 Å². The highest BCUT2D eigenvalue weighted by Gasteiger charge is 2.38. The van der Waals surface area contributed by atoms with E-state index in [0.717, 1.165) is 11.7 Å². The van der Waals surface area contributed by atoms with Gasteiger partial charge in [-0.15, -0.1) is 0 Å². The molecule has 1 saturated heterocycles. The number of hydrogen-bond donors (Lipinski definition) is 2. The van der Waals surface area contributed by atoms with Gasteiger partial charge in [-0.05, 0) is 44.3 Å². The van der Waals surface area contributed by atoms with Crippen LogP contribution in [0.4, 0.5) is 0 Å². The van der Waals surface area contributed by atoms with Crippen molar-refractivity contribution < 1.29 is 0 Å². The summed E-state index contributed by atoms with van der Waals surface area (Å²) in [6.07, 6.45) is 17.3. The lowest BCUT2D eigenvalue weighted by atomic mass is 9.93. The molecule has 1 aliphatic heterocycles. The number of rotatable bonds is 3. The van der Waals surface area contributed by atoms with E-state index in [1.807, 2.05) is 0 Å². The Morgan fingerprint density at radius 2 is 1.48 bits per heavy atom. The molecular formula is C17H33N3S. The van der Waals surface area contributed by atoms with Crippen molar-refractivity contribution in [2.45, 2.75) is 96.1 Å². The molecule has 2 fully saturated rings. The Bertz CT molecular complexity index is 307. The minimum Gasteiger partial charge on any atom is -0.342 e. The highest BCUT2D eigenvalue weighted by molar-refractivity contribution is 7.80. The Morgan fingerprint density at radius 3 is 2.00 bits per heavy atom. The first-order valence-corrected chi connectivity index (χ1v) is 9.54. The van der Waals surface area contributed by atoms with Crippen LogP contribution in [0.3, 0.4) is 0 Å². The third-order valence-electron chi connectivity index (χ3n) is 4.88. The second-order valence-electron chi connectivity index (χ2n) is 6.81. The number of nitrogens with zero attached hydrogens (tertiary/aromatic N) is 1. The standard InChI is InChI=1S/C17H33N3S/c1-2-3-15-20-16(21)18-17(19-20)13-11-9-7-5-4-6-8-10-12-14-17/h19H,2-15H2,1H3,(H,18,21). The molecule has 4 heteroatoms. The number of thiocarbonyl (C=S) groups is 1. The molecule has 0 radical (unpaired) electrons. The third kappa shape index (κ3) is 5.41. The second kappa shape index (κ2) is 8.94. The minimum absolute atomic E-state index is 0.0457. The lowest BCUT2D eigenvalue weighted by molar-refractivity contribution is 0.181. The molecule has 0 amide bonds. The van der Waals surface area contributed by atoms with E-state index in [1.54, 1.807) is 0 Å². The van der Waals surface area contributed by atoms with Gasteiger partial charge in [0.1, 0.15) is 5.66 Å². The topological polar surface area (TPSA) is 27.3 Å². The quantitative estimate of drug-likeness (QED) is 0.751. The fraction of sp³-hybridized carbons (Fsp3) is 0.941. The summed E-state index contributed by atoms with van der Waals surface area (Å²) < 4.78 is 0. The molecule has 3 nitrogen and oxygen atoms in total. The first-order chi connectivity index (χ1) is 10.3. The Morgan fingerprint density at radius 1 is 0.952 bits per heavy atom. The molecule has 0 aromatic carbocycles. The van der Waals surface area contributed by atoms with E-state index < -0.39 is 0 Å². The summed E-state index contributed by atoms with van der Waals surface area (Å²) in [6.45, 7) is 3.27. The van der Waals surface area contributed by atoms with Gasteiger partial charge in [-0.1, -0.05) is 58.3 Å². The van der Waals surface area contributed by atoms with E-state index in [9.17, 15) is 0 Å². The summed E-state index contributed by atoms with van der Waals surface area (Å²) in [4.78, 5) is 0. The molecule has 0 atom stereocenters. The molecule has 0 bridgehead atoms. The largest absolute Gasteiger partial charge is 0.342 e. The first kappa shape index (κ1) is 17.0. The molecule has 1 spiro atoms. The maximum atomic E-state index is 5.55. The Hall–Kier alpha value is -0.350. The molecule has 0 unspecified atom stereocenters. The molecule has 1 heterocycles. The maximum Gasteiger partial charge on any atom is 0.185 e. The average Bonchev–Trinajstić information content (AvgIpc) is 2.77. The van der Waals surface area contributed by atoms with Crippen molar-refractivity contribution in [3.05, 3.63) is 0 Å². The van der Waals surface area contributed by atoms with E-state index in [4.69, 9.17) is 12.2 Å². The van der Waals surface area contributed by atoms with E-state index >= 15 is 0 Å². The van der Waals surface area contributed by atoms with Crippen molar-refractivity contribution in [3.8, 4) is 0 Å². The Balaban J connectivity index is 1.91. The summed E-state index contributed by atoms with van der Waals surface area (Å²) >= 11 is 5.55. The van der Waals surface area contributed by atoms with Crippen LogP contribution in [0.1, 0.15) is 90.4 Å². The molecular weight excluding hydrogens is 278 g/mol. The van der Waals surface area contributed by atoms with Crippen LogP contribution in [-0.4, -0.2) is 22.3 Å². The van der Waals surface area contributed by atoms with Crippen LogP contribution in [0.2, 0.25) is 0 Å². The Labute approximate surface area is 136 Å². The fourth-order valence-corrected chi connectivity index (χ4v) is 3.87. The first-order valence-electron chi connectivity index (χ1n) is 9.13. The van der Waals surface area contributed by atoms with Gasteiger partial charge in [0.2, 0.25) is 0 Å². The highest BCUT2D eigenvalue weighted by atomic mass is 32.1. The predicted molar refractivity (Wildman–Crippen MR) is 94.0 cm³/mol. The van der Waals surface area contributed by atoms with Crippen LogP contribution < -0.4 is 10.7 Å². The van der Waals surface area contributed by atoms with Crippen LogP contribution in [0, 0.1) is 0 Å². The van der Waals surface area contributed by atoms with Crippen molar-refractivity contribution in [3.63, 3.8) is 0 Å². The number of hydrazine groups is 1. The minimum atomic E-state index is 0.0457. The summed E-state index contributed by atoms with van der Waals surface area (Å²) in [6, 6.07) is 0. The lowest BCUT2D eigenvalue weighted by Gasteiger charge is -2.30. The third-order valence-corrected chi connectivity index (χ3v) is 5.21. The summed E-state index contributed by atoms with van der Waals surface area (Å²) in [7, 11) is 0. The van der Waals surface area contributed by atoms with Gasteiger partial charge in [-0.25, -0.2) is 5.43 Å². The summed E-state index contributed by atoms with van der Waals surface area (Å²) in [5.41, 5.74) is 3.77.